The number of aromatic nitrogens is 2. The zero-order valence-electron chi connectivity index (χ0n) is 13.2. The molecular formula is C18H20FN3. The van der Waals surface area contributed by atoms with E-state index < -0.39 is 0 Å². The highest BCUT2D eigenvalue weighted by molar-refractivity contribution is 5.69. The van der Waals surface area contributed by atoms with Gasteiger partial charge in [-0.2, -0.15) is 0 Å². The maximum absolute atomic E-state index is 13.6. The lowest BCUT2D eigenvalue weighted by molar-refractivity contribution is 0.227. The molecule has 114 valence electrons. The van der Waals surface area contributed by atoms with E-state index in [9.17, 15) is 4.39 Å². The van der Waals surface area contributed by atoms with Crippen LogP contribution in [0, 0.1) is 11.2 Å². The van der Waals surface area contributed by atoms with Crippen molar-refractivity contribution in [1.29, 1.82) is 0 Å². The Morgan fingerprint density at radius 1 is 1.23 bits per heavy atom. The molecular weight excluding hydrogens is 277 g/mol. The van der Waals surface area contributed by atoms with Crippen LogP contribution < -0.4 is 5.73 Å². The molecule has 2 atom stereocenters. The van der Waals surface area contributed by atoms with Gasteiger partial charge in [0, 0.05) is 16.5 Å². The van der Waals surface area contributed by atoms with Crippen molar-refractivity contribution < 1.29 is 4.39 Å². The van der Waals surface area contributed by atoms with Crippen LogP contribution in [0.1, 0.15) is 50.8 Å². The highest BCUT2D eigenvalue weighted by atomic mass is 19.1. The summed E-state index contributed by atoms with van der Waals surface area (Å²) in [5.74, 6) is 0.436. The van der Waals surface area contributed by atoms with Gasteiger partial charge in [-0.25, -0.2) is 14.4 Å². The van der Waals surface area contributed by atoms with Crippen molar-refractivity contribution in [2.45, 2.75) is 44.9 Å². The Kier molecular flexibility index (Phi) is 2.52. The minimum absolute atomic E-state index is 0.0200. The second-order valence-corrected chi connectivity index (χ2v) is 7.35. The SMILES string of the molecule is CC12CCC(c3c(-c4cccc(F)c4)nc(N)nc31)C2(C)C. The molecule has 4 heteroatoms. The van der Waals surface area contributed by atoms with Crippen LogP contribution in [0.2, 0.25) is 0 Å². The van der Waals surface area contributed by atoms with Crippen LogP contribution in [-0.4, -0.2) is 9.97 Å². The monoisotopic (exact) mass is 297 g/mol. The van der Waals surface area contributed by atoms with Crippen molar-refractivity contribution in [3.63, 3.8) is 0 Å². The van der Waals surface area contributed by atoms with Gasteiger partial charge in [0.15, 0.2) is 0 Å². The van der Waals surface area contributed by atoms with E-state index in [-0.39, 0.29) is 22.6 Å². The zero-order valence-corrected chi connectivity index (χ0v) is 13.2. The highest BCUT2D eigenvalue weighted by Gasteiger charge is 2.61. The summed E-state index contributed by atoms with van der Waals surface area (Å²) in [6, 6.07) is 6.59. The molecule has 4 rings (SSSR count). The van der Waals surface area contributed by atoms with Crippen molar-refractivity contribution >= 4 is 5.95 Å². The number of anilines is 1. The lowest BCUT2D eigenvalue weighted by Crippen LogP contribution is -2.32. The van der Waals surface area contributed by atoms with Crippen LogP contribution in [0.5, 0.6) is 0 Å². The molecule has 0 spiro atoms. The maximum atomic E-state index is 13.6. The number of benzene rings is 1. The third-order valence-electron chi connectivity index (χ3n) is 6.16. The zero-order chi connectivity index (χ0) is 15.7. The van der Waals surface area contributed by atoms with Gasteiger partial charge in [-0.05, 0) is 36.3 Å². The minimum Gasteiger partial charge on any atom is -0.368 e. The van der Waals surface area contributed by atoms with Gasteiger partial charge in [-0.1, -0.05) is 32.9 Å². The van der Waals surface area contributed by atoms with Gasteiger partial charge >= 0.3 is 0 Å². The molecule has 2 bridgehead atoms. The second kappa shape index (κ2) is 4.06. The maximum Gasteiger partial charge on any atom is 0.220 e. The van der Waals surface area contributed by atoms with E-state index >= 15 is 0 Å². The summed E-state index contributed by atoms with van der Waals surface area (Å²) in [4.78, 5) is 9.06. The number of halogens is 1. The Hall–Kier alpha value is -1.97. The molecule has 22 heavy (non-hydrogen) atoms. The van der Waals surface area contributed by atoms with Gasteiger partial charge in [-0.15, -0.1) is 0 Å². The topological polar surface area (TPSA) is 51.8 Å². The van der Waals surface area contributed by atoms with E-state index in [1.54, 1.807) is 6.07 Å². The minimum atomic E-state index is -0.253. The lowest BCUT2D eigenvalue weighted by atomic mass is 9.70. The molecule has 2 N–H and O–H groups in total. The normalized spacial score (nSPS) is 27.9. The third kappa shape index (κ3) is 1.50. The van der Waals surface area contributed by atoms with Crippen molar-refractivity contribution in [2.75, 3.05) is 5.73 Å². The van der Waals surface area contributed by atoms with E-state index in [4.69, 9.17) is 5.73 Å². The Balaban J connectivity index is 2.02. The lowest BCUT2D eigenvalue weighted by Gasteiger charge is -2.34. The molecule has 3 nitrogen and oxygen atoms in total. The average molecular weight is 297 g/mol. The van der Waals surface area contributed by atoms with E-state index in [1.807, 2.05) is 6.07 Å². The standard InChI is InChI=1S/C18H20FN3/c1-17(2)12-7-8-18(17,3)15-13(12)14(21-16(20)22-15)10-5-4-6-11(19)9-10/h4-6,9,12H,7-8H2,1-3H3,(H2,20,21,22). The molecule has 2 aliphatic carbocycles. The van der Waals surface area contributed by atoms with Crippen molar-refractivity contribution in [2.24, 2.45) is 5.41 Å². The van der Waals surface area contributed by atoms with E-state index in [2.05, 4.69) is 30.7 Å². The Bertz CT molecular complexity index is 784. The molecule has 1 heterocycles. The fourth-order valence-corrected chi connectivity index (χ4v) is 4.52. The Morgan fingerprint density at radius 3 is 2.73 bits per heavy atom. The van der Waals surface area contributed by atoms with E-state index in [0.29, 0.717) is 5.92 Å². The van der Waals surface area contributed by atoms with E-state index in [1.165, 1.54) is 17.7 Å². The van der Waals surface area contributed by atoms with Crippen LogP contribution in [-0.2, 0) is 5.41 Å². The first kappa shape index (κ1) is 13.7. The number of nitrogens with zero attached hydrogens (tertiary/aromatic N) is 2. The fourth-order valence-electron chi connectivity index (χ4n) is 4.52. The molecule has 2 aliphatic rings. The predicted molar refractivity (Wildman–Crippen MR) is 84.9 cm³/mol. The first-order valence-corrected chi connectivity index (χ1v) is 7.78. The summed E-state index contributed by atoms with van der Waals surface area (Å²) in [5, 5.41) is 0. The third-order valence-corrected chi connectivity index (χ3v) is 6.16. The number of nitrogens with two attached hydrogens (primary N) is 1. The van der Waals surface area contributed by atoms with Gasteiger partial charge in [0.2, 0.25) is 5.95 Å². The molecule has 1 fully saturated rings. The molecule has 0 saturated heterocycles. The van der Waals surface area contributed by atoms with Crippen molar-refractivity contribution in [1.82, 2.24) is 9.97 Å². The van der Waals surface area contributed by atoms with Crippen LogP contribution in [0.4, 0.5) is 10.3 Å². The smallest absolute Gasteiger partial charge is 0.220 e. The second-order valence-electron chi connectivity index (χ2n) is 7.35. The van der Waals surface area contributed by atoms with Crippen LogP contribution in [0.15, 0.2) is 24.3 Å². The highest BCUT2D eigenvalue weighted by Crippen LogP contribution is 2.68. The quantitative estimate of drug-likeness (QED) is 0.864. The molecule has 0 radical (unpaired) electrons. The molecule has 1 aromatic carbocycles. The fraction of sp³-hybridized carbons (Fsp3) is 0.444. The summed E-state index contributed by atoms with van der Waals surface area (Å²) in [6.45, 7) is 6.89. The van der Waals surface area contributed by atoms with Gasteiger partial charge in [0.1, 0.15) is 5.82 Å². The molecule has 2 aromatic rings. The number of hydrogen-bond donors (Lipinski definition) is 1. The predicted octanol–water partition coefficient (Wildman–Crippen LogP) is 4.04. The van der Waals surface area contributed by atoms with Crippen LogP contribution in [0.3, 0.4) is 0 Å². The first-order chi connectivity index (χ1) is 10.3. The first-order valence-electron chi connectivity index (χ1n) is 7.78. The van der Waals surface area contributed by atoms with Crippen LogP contribution >= 0.6 is 0 Å². The summed E-state index contributed by atoms with van der Waals surface area (Å²) >= 11 is 0. The van der Waals surface area contributed by atoms with Crippen molar-refractivity contribution in [3.05, 3.63) is 41.3 Å². The number of hydrogen-bond acceptors (Lipinski definition) is 3. The molecule has 2 unspecified atom stereocenters. The largest absolute Gasteiger partial charge is 0.368 e. The Labute approximate surface area is 129 Å². The van der Waals surface area contributed by atoms with Gasteiger partial charge < -0.3 is 5.73 Å². The molecule has 0 aliphatic heterocycles. The van der Waals surface area contributed by atoms with Gasteiger partial charge in [0.05, 0.1) is 11.4 Å². The number of nitrogen functional groups attached to an aromatic ring is 1. The molecule has 1 aromatic heterocycles. The molecule has 1 saturated carbocycles. The van der Waals surface area contributed by atoms with Gasteiger partial charge in [0.25, 0.3) is 0 Å². The van der Waals surface area contributed by atoms with Crippen LogP contribution in [0.25, 0.3) is 11.3 Å². The van der Waals surface area contributed by atoms with Crippen molar-refractivity contribution in [3.8, 4) is 11.3 Å². The summed E-state index contributed by atoms with van der Waals surface area (Å²) in [5.41, 5.74) is 9.96. The summed E-state index contributed by atoms with van der Waals surface area (Å²) in [6.07, 6.45) is 2.25. The number of fused-ring (bicyclic) bond motifs is 5. The molecule has 0 amide bonds. The van der Waals surface area contributed by atoms with Gasteiger partial charge in [-0.3, -0.25) is 0 Å². The average Bonchev–Trinajstić information content (AvgIpc) is 2.78. The summed E-state index contributed by atoms with van der Waals surface area (Å²) < 4.78 is 13.6. The van der Waals surface area contributed by atoms with E-state index in [0.717, 1.165) is 29.8 Å². The number of rotatable bonds is 1. The summed E-state index contributed by atoms with van der Waals surface area (Å²) in [7, 11) is 0. The Morgan fingerprint density at radius 2 is 2.00 bits per heavy atom.